The molecular weight excluding hydrogens is 235 g/mol. The summed E-state index contributed by atoms with van der Waals surface area (Å²) in [7, 11) is 1.64. The molecule has 1 saturated heterocycles. The minimum absolute atomic E-state index is 0.0854. The van der Waals surface area contributed by atoms with Gasteiger partial charge in [0.05, 0.1) is 12.2 Å². The number of carbonyl (C=O) groups excluding carboxylic acids is 1. The molecule has 2 rings (SSSR count). The Morgan fingerprint density at radius 3 is 3.06 bits per heavy atom. The van der Waals surface area contributed by atoms with Gasteiger partial charge in [-0.15, -0.1) is 0 Å². The lowest BCUT2D eigenvalue weighted by Crippen LogP contribution is -2.30. The topological polar surface area (TPSA) is 55.6 Å². The van der Waals surface area contributed by atoms with E-state index in [1.54, 1.807) is 18.1 Å². The molecule has 0 aromatic heterocycles. The summed E-state index contributed by atoms with van der Waals surface area (Å²) in [5, 5.41) is 0. The molecule has 0 radical (unpaired) electrons. The Labute approximate surface area is 106 Å². The van der Waals surface area contributed by atoms with Crippen LogP contribution >= 0.6 is 0 Å². The van der Waals surface area contributed by atoms with Crippen molar-refractivity contribution in [3.8, 4) is 0 Å². The summed E-state index contributed by atoms with van der Waals surface area (Å²) in [6.07, 6.45) is 0.899. The van der Waals surface area contributed by atoms with Crippen molar-refractivity contribution >= 4 is 11.6 Å². The van der Waals surface area contributed by atoms with Crippen molar-refractivity contribution < 1.29 is 13.9 Å². The Kier molecular flexibility index (Phi) is 3.81. The third-order valence-electron chi connectivity index (χ3n) is 3.20. The summed E-state index contributed by atoms with van der Waals surface area (Å²) >= 11 is 0. The highest BCUT2D eigenvalue weighted by Crippen LogP contribution is 2.21. The molecule has 4 nitrogen and oxygen atoms in total. The van der Waals surface area contributed by atoms with E-state index in [0.29, 0.717) is 31.3 Å². The van der Waals surface area contributed by atoms with Crippen molar-refractivity contribution in [1.82, 2.24) is 4.90 Å². The van der Waals surface area contributed by atoms with Crippen LogP contribution in [0.25, 0.3) is 0 Å². The van der Waals surface area contributed by atoms with Gasteiger partial charge in [0.1, 0.15) is 5.82 Å². The smallest absolute Gasteiger partial charge is 0.256 e. The van der Waals surface area contributed by atoms with E-state index in [-0.39, 0.29) is 11.5 Å². The van der Waals surface area contributed by atoms with Crippen LogP contribution in [0, 0.1) is 11.7 Å². The maximum absolute atomic E-state index is 13.6. The van der Waals surface area contributed by atoms with E-state index < -0.39 is 5.82 Å². The van der Waals surface area contributed by atoms with Gasteiger partial charge in [-0.1, -0.05) is 0 Å². The molecule has 1 atom stereocenters. The third-order valence-corrected chi connectivity index (χ3v) is 3.20. The van der Waals surface area contributed by atoms with Gasteiger partial charge in [-0.25, -0.2) is 4.39 Å². The second kappa shape index (κ2) is 5.35. The van der Waals surface area contributed by atoms with E-state index >= 15 is 0 Å². The Bertz CT molecular complexity index is 451. The van der Waals surface area contributed by atoms with Crippen molar-refractivity contribution in [2.75, 3.05) is 32.5 Å². The first kappa shape index (κ1) is 12.8. The first-order valence-electron chi connectivity index (χ1n) is 5.95. The van der Waals surface area contributed by atoms with Crippen LogP contribution in [0.3, 0.4) is 0 Å². The quantitative estimate of drug-likeness (QED) is 0.830. The molecule has 18 heavy (non-hydrogen) atoms. The number of nitrogens with two attached hydrogens (primary N) is 1. The zero-order chi connectivity index (χ0) is 13.1. The van der Waals surface area contributed by atoms with E-state index in [0.717, 1.165) is 6.42 Å². The van der Waals surface area contributed by atoms with Gasteiger partial charge in [0.25, 0.3) is 5.91 Å². The van der Waals surface area contributed by atoms with Crippen LogP contribution in [0.1, 0.15) is 16.8 Å². The monoisotopic (exact) mass is 252 g/mol. The second-order valence-corrected chi connectivity index (χ2v) is 4.60. The number of hydrogen-bond acceptors (Lipinski definition) is 3. The number of nitrogens with zero attached hydrogens (tertiary/aromatic N) is 1. The minimum Gasteiger partial charge on any atom is -0.399 e. The zero-order valence-corrected chi connectivity index (χ0v) is 10.4. The Hall–Kier alpha value is -1.62. The molecule has 1 fully saturated rings. The van der Waals surface area contributed by atoms with Gasteiger partial charge in [0.2, 0.25) is 0 Å². The maximum atomic E-state index is 13.6. The lowest BCUT2D eigenvalue weighted by atomic mass is 10.1. The van der Waals surface area contributed by atoms with Gasteiger partial charge in [0.15, 0.2) is 0 Å². The highest BCUT2D eigenvalue weighted by atomic mass is 19.1. The van der Waals surface area contributed by atoms with Crippen LogP contribution in [0.5, 0.6) is 0 Å². The number of benzene rings is 1. The average molecular weight is 252 g/mol. The van der Waals surface area contributed by atoms with Crippen molar-refractivity contribution in [3.63, 3.8) is 0 Å². The SMILES string of the molecule is COCC1CCN(C(=O)c2ccc(N)cc2F)C1. The molecule has 1 aromatic carbocycles. The summed E-state index contributed by atoms with van der Waals surface area (Å²) in [6, 6.07) is 4.16. The lowest BCUT2D eigenvalue weighted by molar-refractivity contribution is 0.0771. The molecule has 0 spiro atoms. The molecule has 0 bridgehead atoms. The van der Waals surface area contributed by atoms with Crippen LogP contribution in [0.2, 0.25) is 0 Å². The summed E-state index contributed by atoms with van der Waals surface area (Å²) in [6.45, 7) is 1.90. The highest BCUT2D eigenvalue weighted by Gasteiger charge is 2.28. The number of anilines is 1. The van der Waals surface area contributed by atoms with Crippen molar-refractivity contribution in [3.05, 3.63) is 29.6 Å². The van der Waals surface area contributed by atoms with Gasteiger partial charge in [-0.2, -0.15) is 0 Å². The fourth-order valence-corrected chi connectivity index (χ4v) is 2.26. The number of ether oxygens (including phenoxy) is 1. The van der Waals surface area contributed by atoms with Crippen LogP contribution in [-0.2, 0) is 4.74 Å². The van der Waals surface area contributed by atoms with Crippen molar-refractivity contribution in [2.45, 2.75) is 6.42 Å². The standard InChI is InChI=1S/C13H17FN2O2/c1-18-8-9-4-5-16(7-9)13(17)11-3-2-10(15)6-12(11)14/h2-3,6,9H,4-5,7-8,15H2,1H3. The first-order chi connectivity index (χ1) is 8.61. The number of carbonyl (C=O) groups is 1. The molecule has 1 aliphatic rings. The fraction of sp³-hybridized carbons (Fsp3) is 0.462. The molecular formula is C13H17FN2O2. The van der Waals surface area contributed by atoms with Crippen LogP contribution in [0.15, 0.2) is 18.2 Å². The van der Waals surface area contributed by atoms with Gasteiger partial charge >= 0.3 is 0 Å². The first-order valence-corrected chi connectivity index (χ1v) is 5.95. The van der Waals surface area contributed by atoms with Crippen molar-refractivity contribution in [2.24, 2.45) is 5.92 Å². The summed E-state index contributed by atoms with van der Waals surface area (Å²) < 4.78 is 18.7. The largest absolute Gasteiger partial charge is 0.399 e. The van der Waals surface area contributed by atoms with Crippen molar-refractivity contribution in [1.29, 1.82) is 0 Å². The van der Waals surface area contributed by atoms with Gasteiger partial charge in [-0.05, 0) is 24.6 Å². The predicted molar refractivity (Wildman–Crippen MR) is 66.7 cm³/mol. The lowest BCUT2D eigenvalue weighted by Gasteiger charge is -2.17. The number of likely N-dealkylation sites (tertiary alicyclic amines) is 1. The van der Waals surface area contributed by atoms with Gasteiger partial charge in [0, 0.05) is 31.8 Å². The summed E-state index contributed by atoms with van der Waals surface area (Å²) in [5.74, 6) is -0.489. The zero-order valence-electron chi connectivity index (χ0n) is 10.4. The minimum atomic E-state index is -0.560. The molecule has 1 unspecified atom stereocenters. The molecule has 1 amide bonds. The highest BCUT2D eigenvalue weighted by molar-refractivity contribution is 5.95. The number of halogens is 1. The van der Waals surface area contributed by atoms with E-state index in [2.05, 4.69) is 0 Å². The van der Waals surface area contributed by atoms with E-state index in [9.17, 15) is 9.18 Å². The fourth-order valence-electron chi connectivity index (χ4n) is 2.26. The molecule has 1 aromatic rings. The normalized spacial score (nSPS) is 19.2. The summed E-state index contributed by atoms with van der Waals surface area (Å²) in [5.41, 5.74) is 5.87. The van der Waals surface area contributed by atoms with Gasteiger partial charge in [-0.3, -0.25) is 4.79 Å². The molecule has 0 aliphatic carbocycles. The van der Waals surface area contributed by atoms with E-state index in [1.807, 2.05) is 0 Å². The molecule has 1 aliphatic heterocycles. The number of hydrogen-bond donors (Lipinski definition) is 1. The third kappa shape index (κ3) is 2.61. The average Bonchev–Trinajstić information content (AvgIpc) is 2.77. The van der Waals surface area contributed by atoms with Crippen LogP contribution in [0.4, 0.5) is 10.1 Å². The predicted octanol–water partition coefficient (Wildman–Crippen LogP) is 1.52. The number of rotatable bonds is 3. The van der Waals surface area contributed by atoms with Crippen LogP contribution < -0.4 is 5.73 Å². The van der Waals surface area contributed by atoms with Crippen LogP contribution in [-0.4, -0.2) is 37.6 Å². The van der Waals surface area contributed by atoms with Gasteiger partial charge < -0.3 is 15.4 Å². The number of amides is 1. The molecule has 0 saturated carbocycles. The molecule has 5 heteroatoms. The Balaban J connectivity index is 2.08. The number of methoxy groups -OCH3 is 1. The number of nitrogen functional groups attached to an aromatic ring is 1. The molecule has 98 valence electrons. The Morgan fingerprint density at radius 2 is 2.39 bits per heavy atom. The van der Waals surface area contributed by atoms with E-state index in [4.69, 9.17) is 10.5 Å². The maximum Gasteiger partial charge on any atom is 0.256 e. The van der Waals surface area contributed by atoms with E-state index in [1.165, 1.54) is 12.1 Å². The Morgan fingerprint density at radius 1 is 1.61 bits per heavy atom. The molecule has 2 N–H and O–H groups in total. The second-order valence-electron chi connectivity index (χ2n) is 4.60. The summed E-state index contributed by atoms with van der Waals surface area (Å²) in [4.78, 5) is 13.8. The molecule has 1 heterocycles.